The average molecular weight is 1020 g/mol. The number of phosphoric acid groups is 1. The molecule has 4 aliphatic carbocycles. The number of carbonyl (C=O) groups excluding carboxylic acids is 3. The summed E-state index contributed by atoms with van der Waals surface area (Å²) in [6, 6.07) is 0. The van der Waals surface area contributed by atoms with Gasteiger partial charge in [-0.2, -0.15) is 0 Å². The molecule has 3 saturated carbocycles. The summed E-state index contributed by atoms with van der Waals surface area (Å²) in [5.41, 5.74) is 2.15. The van der Waals surface area contributed by atoms with Crippen LogP contribution in [0.4, 0.5) is 0 Å². The molecule has 1 N–H and O–H groups in total. The monoisotopic (exact) mass is 1020 g/mol. The molecule has 0 saturated heterocycles. The summed E-state index contributed by atoms with van der Waals surface area (Å²) >= 11 is 0. The number of fused-ring (bicyclic) bond motifs is 5. The van der Waals surface area contributed by atoms with E-state index in [4.69, 9.17) is 23.3 Å². The fraction of sp³-hybridized carbons (Fsp3) is 0.915. The molecule has 412 valence electrons. The van der Waals surface area contributed by atoms with E-state index in [9.17, 15) is 23.8 Å². The van der Waals surface area contributed by atoms with Crippen LogP contribution in [0.1, 0.15) is 206 Å². The summed E-state index contributed by atoms with van der Waals surface area (Å²) in [5, 5.41) is 0. The second-order valence-electron chi connectivity index (χ2n) is 28.0. The molecule has 3 fully saturated rings. The van der Waals surface area contributed by atoms with E-state index in [2.05, 4.69) is 103 Å². The normalized spacial score (nSPS) is 29.3. The van der Waals surface area contributed by atoms with Crippen LogP contribution in [-0.2, 0) is 42.2 Å². The van der Waals surface area contributed by atoms with Gasteiger partial charge in [0.05, 0.1) is 46.5 Å². The van der Waals surface area contributed by atoms with Crippen LogP contribution >= 0.6 is 7.82 Å². The topological polar surface area (TPSA) is 135 Å². The molecule has 0 bridgehead atoms. The van der Waals surface area contributed by atoms with Gasteiger partial charge >= 0.3 is 25.7 Å². The molecule has 14 atom stereocenters. The lowest BCUT2D eigenvalue weighted by Gasteiger charge is -2.58. The smallest absolute Gasteiger partial charge is 0.462 e. The van der Waals surface area contributed by atoms with Crippen LogP contribution in [0.5, 0.6) is 0 Å². The highest BCUT2D eigenvalue weighted by Crippen LogP contribution is 2.67. The largest absolute Gasteiger partial charge is 0.472 e. The number of ether oxygens (including phenoxy) is 3. The van der Waals surface area contributed by atoms with E-state index in [1.807, 2.05) is 21.1 Å². The van der Waals surface area contributed by atoms with Gasteiger partial charge in [0.1, 0.15) is 25.9 Å². The zero-order valence-electron chi connectivity index (χ0n) is 48.4. The Bertz CT molecular complexity index is 1790. The minimum atomic E-state index is -4.54. The molecule has 11 nitrogen and oxygen atoms in total. The van der Waals surface area contributed by atoms with Crippen molar-refractivity contribution in [2.45, 2.75) is 218 Å². The van der Waals surface area contributed by atoms with Crippen molar-refractivity contribution < 1.29 is 51.6 Å². The molecule has 71 heavy (non-hydrogen) atoms. The Labute approximate surface area is 434 Å². The first kappa shape index (κ1) is 61.8. The van der Waals surface area contributed by atoms with Crippen molar-refractivity contribution >= 4 is 25.7 Å². The quantitative estimate of drug-likeness (QED) is 0.0279. The molecule has 0 aromatic heterocycles. The number of phosphoric ester groups is 1. The minimum absolute atomic E-state index is 0.00749. The molecule has 0 spiro atoms. The maximum absolute atomic E-state index is 13.9. The molecule has 0 aromatic rings. The van der Waals surface area contributed by atoms with Gasteiger partial charge in [-0.25, -0.2) is 4.57 Å². The van der Waals surface area contributed by atoms with Crippen molar-refractivity contribution in [2.24, 2.45) is 80.8 Å². The lowest BCUT2D eigenvalue weighted by molar-refractivity contribution is -0.870. The van der Waals surface area contributed by atoms with Crippen LogP contribution in [-0.4, -0.2) is 87.0 Å². The summed E-state index contributed by atoms with van der Waals surface area (Å²) in [6.45, 7) is 31.8. The van der Waals surface area contributed by atoms with Crippen molar-refractivity contribution in [1.29, 1.82) is 0 Å². The van der Waals surface area contributed by atoms with E-state index in [0.29, 0.717) is 34.7 Å². The van der Waals surface area contributed by atoms with E-state index in [-0.39, 0.29) is 60.2 Å². The van der Waals surface area contributed by atoms with E-state index in [1.54, 1.807) is 0 Å². The van der Waals surface area contributed by atoms with Gasteiger partial charge in [-0.1, -0.05) is 121 Å². The zero-order chi connectivity index (χ0) is 53.3. The van der Waals surface area contributed by atoms with Crippen molar-refractivity contribution in [2.75, 3.05) is 47.5 Å². The highest BCUT2D eigenvalue weighted by atomic mass is 31.2. The number of hydrogen-bond donors (Lipinski definition) is 1. The molecule has 0 aromatic carbocycles. The van der Waals surface area contributed by atoms with E-state index < -0.39 is 38.4 Å². The van der Waals surface area contributed by atoms with Crippen molar-refractivity contribution in [3.63, 3.8) is 0 Å². The number of allylic oxidation sites excluding steroid dienone is 1. The van der Waals surface area contributed by atoms with Crippen molar-refractivity contribution in [3.05, 3.63) is 11.6 Å². The minimum Gasteiger partial charge on any atom is -0.462 e. The SMILES string of the molecule is CCC(CCC(C)[C@H]1CC[C@H]2[C@@H]3CC=C4C[C@@H](OC(=O)CCC(=O)OC(COC(=O)C(CCC(C)CC(C)(C)C)C(C)CC(C)(C)C)COP(=O)(O)OCC[N+](C)(C)C)CC[C@]4(C)[C@H]3CC[C@]12C)C(C)C. The van der Waals surface area contributed by atoms with Gasteiger partial charge in [0.25, 0.3) is 0 Å². The van der Waals surface area contributed by atoms with Gasteiger partial charge < -0.3 is 23.6 Å². The molecular weight excluding hydrogens is 914 g/mol. The molecule has 4 rings (SSSR count). The maximum atomic E-state index is 13.9. The number of nitrogens with zero attached hydrogens (tertiary/aromatic N) is 1. The van der Waals surface area contributed by atoms with Crippen LogP contribution < -0.4 is 0 Å². The predicted molar refractivity (Wildman–Crippen MR) is 286 cm³/mol. The van der Waals surface area contributed by atoms with Crippen LogP contribution in [0.25, 0.3) is 0 Å². The second kappa shape index (κ2) is 25.8. The first-order valence-corrected chi connectivity index (χ1v) is 29.9. The molecule has 0 amide bonds. The zero-order valence-corrected chi connectivity index (χ0v) is 49.3. The number of hydrogen-bond acceptors (Lipinski definition) is 9. The Kier molecular flexibility index (Phi) is 22.5. The van der Waals surface area contributed by atoms with Crippen molar-refractivity contribution in [1.82, 2.24) is 0 Å². The van der Waals surface area contributed by atoms with Gasteiger partial charge in [0.15, 0.2) is 6.10 Å². The van der Waals surface area contributed by atoms with Crippen LogP contribution in [0.2, 0.25) is 0 Å². The highest BCUT2D eigenvalue weighted by Gasteiger charge is 2.59. The first-order chi connectivity index (χ1) is 32.8. The lowest BCUT2D eigenvalue weighted by Crippen LogP contribution is -2.51. The van der Waals surface area contributed by atoms with Crippen LogP contribution in [0.3, 0.4) is 0 Å². The molecule has 0 radical (unpaired) electrons. The predicted octanol–water partition coefficient (Wildman–Crippen LogP) is 14.2. The van der Waals surface area contributed by atoms with Crippen LogP contribution in [0.15, 0.2) is 11.6 Å². The number of rotatable bonds is 27. The number of likely N-dealkylation sites (N-methyl/N-ethyl adjacent to an activating group) is 1. The third-order valence-electron chi connectivity index (χ3n) is 18.1. The molecule has 0 heterocycles. The molecule has 7 unspecified atom stereocenters. The van der Waals surface area contributed by atoms with Gasteiger partial charge in [-0.15, -0.1) is 0 Å². The first-order valence-electron chi connectivity index (χ1n) is 28.4. The van der Waals surface area contributed by atoms with Crippen molar-refractivity contribution in [3.8, 4) is 0 Å². The van der Waals surface area contributed by atoms with Crippen LogP contribution in [0, 0.1) is 80.8 Å². The Balaban J connectivity index is 1.35. The maximum Gasteiger partial charge on any atom is 0.472 e. The summed E-state index contributed by atoms with van der Waals surface area (Å²) in [7, 11) is 1.27. The Morgan fingerprint density at radius 1 is 0.817 bits per heavy atom. The number of quaternary nitrogens is 1. The average Bonchev–Trinajstić information content (AvgIpc) is 3.59. The Morgan fingerprint density at radius 2 is 1.48 bits per heavy atom. The van der Waals surface area contributed by atoms with Gasteiger partial charge in [-0.3, -0.25) is 23.4 Å². The number of carbonyl (C=O) groups is 3. The highest BCUT2D eigenvalue weighted by molar-refractivity contribution is 7.47. The van der Waals surface area contributed by atoms with Gasteiger partial charge in [0.2, 0.25) is 0 Å². The summed E-state index contributed by atoms with van der Waals surface area (Å²) < 4.78 is 41.7. The Morgan fingerprint density at radius 3 is 2.10 bits per heavy atom. The molecule has 4 aliphatic rings. The summed E-state index contributed by atoms with van der Waals surface area (Å²) in [5.74, 6) is 3.81. The van der Waals surface area contributed by atoms with E-state index in [1.165, 1.54) is 50.5 Å². The molecule has 12 heteroatoms. The third-order valence-corrected chi connectivity index (χ3v) is 19.1. The lowest BCUT2D eigenvalue weighted by atomic mass is 9.47. The standard InChI is InChI=1S/C59H106NO10P/c1-18-44(40(2)3)21-20-42(5)50-25-26-51-49-24-22-45-35-46(29-31-58(45,13)52(49)30-32-59(50,51)14)69-53(61)27-28-54(62)70-47(39-68-71(64,65)67-34-33-60(15,16)17)38-66-55(63)48(43(6)37-57(10,11)12)23-19-41(4)36-56(7,8)9/h22,40-44,46-52H,18-21,23-39H2,1-17H3/p+1/t41?,42?,43?,44?,46-,47?,48?,49-,50+,51-,52-,58-,59+/m0/s1. The van der Waals surface area contributed by atoms with E-state index >= 15 is 0 Å². The third kappa shape index (κ3) is 18.8. The summed E-state index contributed by atoms with van der Waals surface area (Å²) in [6.07, 6.45) is 17.0. The fourth-order valence-electron chi connectivity index (χ4n) is 14.5. The second-order valence-corrected chi connectivity index (χ2v) is 29.4. The Hall–Kier alpha value is -1.78. The van der Waals surface area contributed by atoms with Gasteiger partial charge in [0, 0.05) is 6.42 Å². The summed E-state index contributed by atoms with van der Waals surface area (Å²) in [4.78, 5) is 51.3. The number of esters is 3. The fourth-order valence-corrected chi connectivity index (χ4v) is 15.2. The molecular formula is C59H107NO10P+. The van der Waals surface area contributed by atoms with E-state index in [0.717, 1.165) is 80.5 Å². The van der Waals surface area contributed by atoms with Gasteiger partial charge in [-0.05, 0) is 152 Å². The molecule has 0 aliphatic heterocycles.